The molecule has 0 aromatic heterocycles. The fraction of sp³-hybridized carbons (Fsp3) is 0.158. The van der Waals surface area contributed by atoms with Crippen LogP contribution in [0.3, 0.4) is 0 Å². The topological polar surface area (TPSA) is 24.1 Å². The van der Waals surface area contributed by atoms with E-state index in [0.717, 1.165) is 16.3 Å². The number of fused-ring (bicyclic) bond motifs is 1. The van der Waals surface area contributed by atoms with Crippen molar-refractivity contribution in [2.24, 2.45) is 0 Å². The summed E-state index contributed by atoms with van der Waals surface area (Å²) < 4.78 is 0. The quantitative estimate of drug-likeness (QED) is 0.720. The molecule has 2 N–H and O–H groups in total. The molecule has 22 heavy (non-hydrogen) atoms. The van der Waals surface area contributed by atoms with Gasteiger partial charge >= 0.3 is 0 Å². The maximum absolute atomic E-state index is 6.22. The summed E-state index contributed by atoms with van der Waals surface area (Å²) in [5, 5.41) is 9.93. The van der Waals surface area contributed by atoms with Crippen LogP contribution in [0.5, 0.6) is 0 Å². The molecular formula is C19H19ClN2. The van der Waals surface area contributed by atoms with Crippen LogP contribution in [-0.2, 0) is 0 Å². The Morgan fingerprint density at radius 3 is 2.41 bits per heavy atom. The maximum Gasteiger partial charge on any atom is 0.0601 e. The molecule has 0 aliphatic heterocycles. The van der Waals surface area contributed by atoms with E-state index in [4.69, 9.17) is 11.6 Å². The Morgan fingerprint density at radius 2 is 1.64 bits per heavy atom. The summed E-state index contributed by atoms with van der Waals surface area (Å²) >= 11 is 6.22. The van der Waals surface area contributed by atoms with E-state index in [0.29, 0.717) is 0 Å². The second-order valence-electron chi connectivity index (χ2n) is 5.27. The highest BCUT2D eigenvalue weighted by Gasteiger charge is 2.18. The first-order valence-electron chi connectivity index (χ1n) is 7.36. The number of hydrogen-bond donors (Lipinski definition) is 2. The lowest BCUT2D eigenvalue weighted by atomic mass is 9.93. The molecule has 0 saturated heterocycles. The van der Waals surface area contributed by atoms with Gasteiger partial charge in [-0.2, -0.15) is 0 Å². The molecule has 0 aliphatic rings. The van der Waals surface area contributed by atoms with Crippen LogP contribution in [0.15, 0.2) is 60.7 Å². The van der Waals surface area contributed by atoms with Crippen molar-refractivity contribution in [3.8, 4) is 0 Å². The Bertz CT molecular complexity index is 793. The van der Waals surface area contributed by atoms with Crippen molar-refractivity contribution in [2.75, 3.05) is 19.4 Å². The number of anilines is 1. The van der Waals surface area contributed by atoms with Gasteiger partial charge in [0.15, 0.2) is 0 Å². The van der Waals surface area contributed by atoms with Gasteiger partial charge in [-0.15, -0.1) is 0 Å². The third kappa shape index (κ3) is 2.68. The molecule has 0 unspecified atom stereocenters. The van der Waals surface area contributed by atoms with E-state index in [1.165, 1.54) is 16.3 Å². The van der Waals surface area contributed by atoms with Crippen molar-refractivity contribution in [3.05, 3.63) is 76.8 Å². The molecule has 3 heteroatoms. The van der Waals surface area contributed by atoms with Gasteiger partial charge in [0.1, 0.15) is 0 Å². The Hall–Kier alpha value is -2.03. The molecule has 0 radical (unpaired) electrons. The SMILES string of the molecule is CNc1ccc(Cl)cc1[C@H](NC)c1cccc2ccccc12. The smallest absolute Gasteiger partial charge is 0.0601 e. The molecule has 1 atom stereocenters. The lowest BCUT2D eigenvalue weighted by Gasteiger charge is -2.22. The Kier molecular flexibility index (Phi) is 4.32. The lowest BCUT2D eigenvalue weighted by Crippen LogP contribution is -2.19. The van der Waals surface area contributed by atoms with Crippen LogP contribution in [0.1, 0.15) is 17.2 Å². The predicted molar refractivity (Wildman–Crippen MR) is 95.8 cm³/mol. The third-order valence-corrected chi connectivity index (χ3v) is 4.25. The Morgan fingerprint density at radius 1 is 0.864 bits per heavy atom. The van der Waals surface area contributed by atoms with E-state index in [2.05, 4.69) is 53.1 Å². The fourth-order valence-electron chi connectivity index (χ4n) is 2.98. The van der Waals surface area contributed by atoms with Crippen molar-refractivity contribution in [3.63, 3.8) is 0 Å². The standard InChI is InChI=1S/C19H19ClN2/c1-21-18-11-10-14(20)12-17(18)19(22-2)16-9-5-7-13-6-3-4-8-15(13)16/h3-12,19,21-22H,1-2H3/t19-/m1/s1. The van der Waals surface area contributed by atoms with Gasteiger partial charge in [-0.1, -0.05) is 54.1 Å². The lowest BCUT2D eigenvalue weighted by molar-refractivity contribution is 0.698. The normalized spacial score (nSPS) is 12.3. The van der Waals surface area contributed by atoms with Crippen LogP contribution >= 0.6 is 11.6 Å². The second kappa shape index (κ2) is 6.39. The molecule has 0 aliphatic carbocycles. The minimum Gasteiger partial charge on any atom is -0.388 e. The van der Waals surface area contributed by atoms with Crippen molar-refractivity contribution in [1.29, 1.82) is 0 Å². The molecule has 0 bridgehead atoms. The molecule has 3 rings (SSSR count). The van der Waals surface area contributed by atoms with Crippen LogP contribution in [0, 0.1) is 0 Å². The second-order valence-corrected chi connectivity index (χ2v) is 5.71. The zero-order valence-corrected chi connectivity index (χ0v) is 13.5. The summed E-state index contributed by atoms with van der Waals surface area (Å²) in [6.45, 7) is 0. The van der Waals surface area contributed by atoms with Crippen LogP contribution in [-0.4, -0.2) is 14.1 Å². The number of hydrogen-bond acceptors (Lipinski definition) is 2. The van der Waals surface area contributed by atoms with Gasteiger partial charge in [-0.05, 0) is 47.1 Å². The highest BCUT2D eigenvalue weighted by Crippen LogP contribution is 2.34. The summed E-state index contributed by atoms with van der Waals surface area (Å²) in [6.07, 6.45) is 0. The highest BCUT2D eigenvalue weighted by atomic mass is 35.5. The average Bonchev–Trinajstić information content (AvgIpc) is 2.56. The van der Waals surface area contributed by atoms with Crippen LogP contribution in [0.2, 0.25) is 5.02 Å². The third-order valence-electron chi connectivity index (χ3n) is 4.02. The van der Waals surface area contributed by atoms with Gasteiger partial charge in [0, 0.05) is 17.8 Å². The van der Waals surface area contributed by atoms with Crippen molar-refractivity contribution < 1.29 is 0 Å². The summed E-state index contributed by atoms with van der Waals surface area (Å²) in [7, 11) is 3.91. The molecule has 0 spiro atoms. The van der Waals surface area contributed by atoms with Crippen molar-refractivity contribution in [2.45, 2.75) is 6.04 Å². The predicted octanol–water partition coefficient (Wildman–Crippen LogP) is 4.84. The molecule has 112 valence electrons. The summed E-state index contributed by atoms with van der Waals surface area (Å²) in [5.41, 5.74) is 3.48. The van der Waals surface area contributed by atoms with Crippen LogP contribution < -0.4 is 10.6 Å². The van der Waals surface area contributed by atoms with Gasteiger partial charge in [-0.25, -0.2) is 0 Å². The minimum absolute atomic E-state index is 0.0762. The molecular weight excluding hydrogens is 292 g/mol. The largest absolute Gasteiger partial charge is 0.388 e. The first-order valence-corrected chi connectivity index (χ1v) is 7.74. The van der Waals surface area contributed by atoms with Gasteiger partial charge in [0.2, 0.25) is 0 Å². The van der Waals surface area contributed by atoms with E-state index in [-0.39, 0.29) is 6.04 Å². The van der Waals surface area contributed by atoms with Crippen LogP contribution in [0.4, 0.5) is 5.69 Å². The Labute approximate surface area is 136 Å². The molecule has 0 amide bonds. The Balaban J connectivity index is 2.21. The van der Waals surface area contributed by atoms with E-state index in [1.54, 1.807) is 0 Å². The zero-order chi connectivity index (χ0) is 15.5. The van der Waals surface area contributed by atoms with Gasteiger partial charge in [0.25, 0.3) is 0 Å². The summed E-state index contributed by atoms with van der Waals surface area (Å²) in [4.78, 5) is 0. The number of halogens is 1. The van der Waals surface area contributed by atoms with Crippen molar-refractivity contribution in [1.82, 2.24) is 5.32 Å². The first-order chi connectivity index (χ1) is 10.7. The summed E-state index contributed by atoms with van der Waals surface area (Å²) in [6, 6.07) is 20.9. The number of rotatable bonds is 4. The molecule has 3 aromatic carbocycles. The number of benzene rings is 3. The molecule has 0 fully saturated rings. The van der Waals surface area contributed by atoms with E-state index in [9.17, 15) is 0 Å². The zero-order valence-electron chi connectivity index (χ0n) is 12.7. The summed E-state index contributed by atoms with van der Waals surface area (Å²) in [5.74, 6) is 0. The van der Waals surface area contributed by atoms with Crippen LogP contribution in [0.25, 0.3) is 10.8 Å². The minimum atomic E-state index is 0.0762. The molecule has 0 heterocycles. The monoisotopic (exact) mass is 310 g/mol. The molecule has 3 aromatic rings. The van der Waals surface area contributed by atoms with E-state index < -0.39 is 0 Å². The number of nitrogens with one attached hydrogen (secondary N) is 2. The maximum atomic E-state index is 6.22. The average molecular weight is 311 g/mol. The first kappa shape index (κ1) is 14.9. The molecule has 2 nitrogen and oxygen atoms in total. The fourth-order valence-corrected chi connectivity index (χ4v) is 3.16. The highest BCUT2D eigenvalue weighted by molar-refractivity contribution is 6.30. The van der Waals surface area contributed by atoms with Crippen molar-refractivity contribution >= 4 is 28.1 Å². The van der Waals surface area contributed by atoms with E-state index in [1.807, 2.05) is 32.3 Å². The molecule has 0 saturated carbocycles. The van der Waals surface area contributed by atoms with Gasteiger partial charge in [-0.3, -0.25) is 0 Å². The van der Waals surface area contributed by atoms with Gasteiger partial charge < -0.3 is 10.6 Å². The van der Waals surface area contributed by atoms with Gasteiger partial charge in [0.05, 0.1) is 6.04 Å². The van der Waals surface area contributed by atoms with E-state index >= 15 is 0 Å².